The van der Waals surface area contributed by atoms with E-state index in [2.05, 4.69) is 5.10 Å². The highest BCUT2D eigenvalue weighted by atomic mass is 35.5. The van der Waals surface area contributed by atoms with Gasteiger partial charge in [0.05, 0.1) is 17.4 Å². The van der Waals surface area contributed by atoms with Crippen molar-refractivity contribution in [3.05, 3.63) is 48.3 Å². The van der Waals surface area contributed by atoms with Crippen LogP contribution in [0.2, 0.25) is 0 Å². The fourth-order valence-electron chi connectivity index (χ4n) is 2.01. The summed E-state index contributed by atoms with van der Waals surface area (Å²) in [6.07, 6.45) is 3.35. The summed E-state index contributed by atoms with van der Waals surface area (Å²) >= 11 is 5.76. The quantitative estimate of drug-likeness (QED) is 0.794. The van der Waals surface area contributed by atoms with Crippen LogP contribution >= 0.6 is 11.6 Å². The minimum absolute atomic E-state index is 0.0390. The van der Waals surface area contributed by atoms with Gasteiger partial charge in [0.1, 0.15) is 0 Å². The molecule has 0 saturated heterocycles. The van der Waals surface area contributed by atoms with E-state index in [4.69, 9.17) is 11.6 Å². The third-order valence-electron chi connectivity index (χ3n) is 3.06. The number of carbonyl (C=O) groups excluding carboxylic acids is 1. The Morgan fingerprint density at radius 3 is 2.65 bits per heavy atom. The zero-order valence-electron chi connectivity index (χ0n) is 11.7. The molecule has 0 aliphatic rings. The Morgan fingerprint density at radius 1 is 1.35 bits per heavy atom. The SMILES string of the molecule is CC(C)N(CCCl)C(=O)c1cnn(-c2ccccc2)c1. The van der Waals surface area contributed by atoms with Crippen LogP contribution in [0.4, 0.5) is 0 Å². The fourth-order valence-corrected chi connectivity index (χ4v) is 2.19. The topological polar surface area (TPSA) is 38.1 Å². The van der Waals surface area contributed by atoms with Crippen LogP contribution in [0.1, 0.15) is 24.2 Å². The van der Waals surface area contributed by atoms with Crippen molar-refractivity contribution in [2.45, 2.75) is 19.9 Å². The molecule has 0 spiro atoms. The Balaban J connectivity index is 2.22. The van der Waals surface area contributed by atoms with Gasteiger partial charge in [-0.3, -0.25) is 4.79 Å². The first-order valence-corrected chi connectivity index (χ1v) is 7.14. The summed E-state index contributed by atoms with van der Waals surface area (Å²) < 4.78 is 1.70. The number of carbonyl (C=O) groups is 1. The highest BCUT2D eigenvalue weighted by molar-refractivity contribution is 6.18. The second-order valence-electron chi connectivity index (χ2n) is 4.79. The van der Waals surface area contributed by atoms with Crippen molar-refractivity contribution in [2.24, 2.45) is 0 Å². The first-order chi connectivity index (χ1) is 9.63. The van der Waals surface area contributed by atoms with Crippen molar-refractivity contribution in [1.82, 2.24) is 14.7 Å². The molecule has 0 bridgehead atoms. The van der Waals surface area contributed by atoms with Crippen molar-refractivity contribution in [3.8, 4) is 5.69 Å². The smallest absolute Gasteiger partial charge is 0.257 e. The van der Waals surface area contributed by atoms with Crippen LogP contribution in [0.25, 0.3) is 5.69 Å². The molecule has 2 aromatic rings. The van der Waals surface area contributed by atoms with Gasteiger partial charge >= 0.3 is 0 Å². The highest BCUT2D eigenvalue weighted by Gasteiger charge is 2.19. The number of aromatic nitrogens is 2. The van der Waals surface area contributed by atoms with Crippen LogP contribution in [0.3, 0.4) is 0 Å². The molecule has 20 heavy (non-hydrogen) atoms. The Kier molecular flexibility index (Phi) is 4.79. The van der Waals surface area contributed by atoms with E-state index in [9.17, 15) is 4.79 Å². The van der Waals surface area contributed by atoms with Crippen molar-refractivity contribution < 1.29 is 4.79 Å². The Hall–Kier alpha value is -1.81. The van der Waals surface area contributed by atoms with Crippen LogP contribution in [0.15, 0.2) is 42.7 Å². The number of amides is 1. The number of benzene rings is 1. The first-order valence-electron chi connectivity index (χ1n) is 6.60. The van der Waals surface area contributed by atoms with Gasteiger partial charge in [-0.05, 0) is 26.0 Å². The average Bonchev–Trinajstić information content (AvgIpc) is 2.94. The highest BCUT2D eigenvalue weighted by Crippen LogP contribution is 2.11. The second kappa shape index (κ2) is 6.57. The second-order valence-corrected chi connectivity index (χ2v) is 5.17. The lowest BCUT2D eigenvalue weighted by Crippen LogP contribution is -2.38. The molecular weight excluding hydrogens is 274 g/mol. The molecule has 5 heteroatoms. The number of rotatable bonds is 5. The van der Waals surface area contributed by atoms with Crippen molar-refractivity contribution >= 4 is 17.5 Å². The number of alkyl halides is 1. The van der Waals surface area contributed by atoms with Crippen LogP contribution in [0.5, 0.6) is 0 Å². The molecule has 1 aromatic heterocycles. The molecule has 0 radical (unpaired) electrons. The zero-order chi connectivity index (χ0) is 14.5. The van der Waals surface area contributed by atoms with E-state index in [1.807, 2.05) is 44.2 Å². The lowest BCUT2D eigenvalue weighted by Gasteiger charge is -2.25. The van der Waals surface area contributed by atoms with Crippen LogP contribution in [0, 0.1) is 0 Å². The maximum atomic E-state index is 12.4. The fraction of sp³-hybridized carbons (Fsp3) is 0.333. The molecule has 0 saturated carbocycles. The van der Waals surface area contributed by atoms with Crippen molar-refractivity contribution in [2.75, 3.05) is 12.4 Å². The molecule has 2 rings (SSSR count). The van der Waals surface area contributed by atoms with E-state index in [1.54, 1.807) is 22.0 Å². The van der Waals surface area contributed by atoms with Gasteiger partial charge in [-0.2, -0.15) is 5.10 Å². The lowest BCUT2D eigenvalue weighted by molar-refractivity contribution is 0.0718. The molecule has 0 aliphatic carbocycles. The predicted molar refractivity (Wildman–Crippen MR) is 80.5 cm³/mol. The van der Waals surface area contributed by atoms with E-state index in [-0.39, 0.29) is 11.9 Å². The number of hydrogen-bond donors (Lipinski definition) is 0. The summed E-state index contributed by atoms with van der Waals surface area (Å²) in [7, 11) is 0. The molecule has 0 atom stereocenters. The van der Waals surface area contributed by atoms with Crippen LogP contribution in [-0.2, 0) is 0 Å². The molecule has 1 amide bonds. The summed E-state index contributed by atoms with van der Waals surface area (Å²) in [6.45, 7) is 4.49. The number of para-hydroxylation sites is 1. The third kappa shape index (κ3) is 3.20. The lowest BCUT2D eigenvalue weighted by atomic mass is 10.2. The minimum Gasteiger partial charge on any atom is -0.335 e. The van der Waals surface area contributed by atoms with E-state index >= 15 is 0 Å². The van der Waals surface area contributed by atoms with Crippen LogP contribution in [-0.4, -0.2) is 39.1 Å². The van der Waals surface area contributed by atoms with Gasteiger partial charge in [0.2, 0.25) is 0 Å². The van der Waals surface area contributed by atoms with Gasteiger partial charge in [0, 0.05) is 24.7 Å². The van der Waals surface area contributed by atoms with Gasteiger partial charge < -0.3 is 4.90 Å². The molecule has 1 heterocycles. The summed E-state index contributed by atoms with van der Waals surface area (Å²) in [5.41, 5.74) is 1.51. The first kappa shape index (κ1) is 14.6. The van der Waals surface area contributed by atoms with E-state index in [1.165, 1.54) is 0 Å². The summed E-state index contributed by atoms with van der Waals surface area (Å²) in [6, 6.07) is 9.82. The van der Waals surface area contributed by atoms with Gasteiger partial charge in [0.15, 0.2) is 0 Å². The van der Waals surface area contributed by atoms with E-state index in [0.717, 1.165) is 5.69 Å². The predicted octanol–water partition coefficient (Wildman–Crippen LogP) is 2.96. The molecule has 1 aromatic carbocycles. The summed E-state index contributed by atoms with van der Waals surface area (Å²) in [5.74, 6) is 0.388. The third-order valence-corrected chi connectivity index (χ3v) is 3.23. The van der Waals surface area contributed by atoms with E-state index in [0.29, 0.717) is 18.0 Å². The molecule has 0 unspecified atom stereocenters. The van der Waals surface area contributed by atoms with Crippen molar-refractivity contribution in [3.63, 3.8) is 0 Å². The molecule has 0 aliphatic heterocycles. The molecule has 106 valence electrons. The normalized spacial score (nSPS) is 10.8. The Morgan fingerprint density at radius 2 is 2.05 bits per heavy atom. The zero-order valence-corrected chi connectivity index (χ0v) is 12.4. The molecular formula is C15H18ClN3O. The van der Waals surface area contributed by atoms with Gasteiger partial charge in [-0.1, -0.05) is 18.2 Å². The number of halogens is 1. The monoisotopic (exact) mass is 291 g/mol. The van der Waals surface area contributed by atoms with Crippen LogP contribution < -0.4 is 0 Å². The maximum Gasteiger partial charge on any atom is 0.257 e. The maximum absolute atomic E-state index is 12.4. The van der Waals surface area contributed by atoms with Crippen molar-refractivity contribution in [1.29, 1.82) is 0 Å². The minimum atomic E-state index is -0.0390. The van der Waals surface area contributed by atoms with Gasteiger partial charge in [-0.25, -0.2) is 4.68 Å². The largest absolute Gasteiger partial charge is 0.335 e. The number of hydrogen-bond acceptors (Lipinski definition) is 2. The van der Waals surface area contributed by atoms with Gasteiger partial charge in [-0.15, -0.1) is 11.6 Å². The Labute approximate surface area is 124 Å². The standard InChI is InChI=1S/C15H18ClN3O/c1-12(2)18(9-8-16)15(20)13-10-17-19(11-13)14-6-4-3-5-7-14/h3-7,10-12H,8-9H2,1-2H3. The Bertz CT molecular complexity index is 566. The molecule has 0 fully saturated rings. The summed E-state index contributed by atoms with van der Waals surface area (Å²) in [5, 5.41) is 4.25. The van der Waals surface area contributed by atoms with Gasteiger partial charge in [0.25, 0.3) is 5.91 Å². The van der Waals surface area contributed by atoms with E-state index < -0.39 is 0 Å². The average molecular weight is 292 g/mol. The summed E-state index contributed by atoms with van der Waals surface area (Å²) in [4.78, 5) is 14.2. The number of nitrogens with zero attached hydrogens (tertiary/aromatic N) is 3. The molecule has 0 N–H and O–H groups in total. The molecule has 4 nitrogen and oxygen atoms in total.